The molecular weight excluding hydrogens is 169 g/mol. The Morgan fingerprint density at radius 1 is 1.62 bits per heavy atom. The van der Waals surface area contributed by atoms with Gasteiger partial charge in [0.25, 0.3) is 0 Å². The second kappa shape index (κ2) is 3.93. The highest BCUT2D eigenvalue weighted by Crippen LogP contribution is 2.24. The Balaban J connectivity index is 2.42. The van der Waals surface area contributed by atoms with Gasteiger partial charge in [0.2, 0.25) is 0 Å². The average Bonchev–Trinajstić information content (AvgIpc) is 1.97. The summed E-state index contributed by atoms with van der Waals surface area (Å²) < 4.78 is 13.4. The van der Waals surface area contributed by atoms with E-state index in [1.165, 1.54) is 0 Å². The van der Waals surface area contributed by atoms with E-state index in [0.29, 0.717) is 18.9 Å². The summed E-state index contributed by atoms with van der Waals surface area (Å²) in [5, 5.41) is 9.59. The SMILES string of the molecule is CC(C)CN1CC[C@](C)(O)[C@H](F)C1. The molecule has 1 aliphatic rings. The number of hydrogen-bond donors (Lipinski definition) is 1. The molecule has 0 amide bonds. The van der Waals surface area contributed by atoms with Crippen LogP contribution in [0.1, 0.15) is 27.2 Å². The first-order valence-corrected chi connectivity index (χ1v) is 5.00. The molecule has 1 aliphatic heterocycles. The van der Waals surface area contributed by atoms with Crippen molar-refractivity contribution in [3.05, 3.63) is 0 Å². The maximum atomic E-state index is 13.4. The fourth-order valence-electron chi connectivity index (χ4n) is 1.74. The van der Waals surface area contributed by atoms with Crippen LogP contribution in [-0.4, -0.2) is 41.4 Å². The van der Waals surface area contributed by atoms with Crippen LogP contribution < -0.4 is 0 Å². The molecule has 3 heteroatoms. The summed E-state index contributed by atoms with van der Waals surface area (Å²) in [7, 11) is 0. The quantitative estimate of drug-likeness (QED) is 0.710. The zero-order valence-electron chi connectivity index (χ0n) is 8.76. The summed E-state index contributed by atoms with van der Waals surface area (Å²) in [5.41, 5.74) is -1.10. The van der Waals surface area contributed by atoms with Gasteiger partial charge in [0.15, 0.2) is 0 Å². The maximum Gasteiger partial charge on any atom is 0.141 e. The molecule has 0 spiro atoms. The summed E-state index contributed by atoms with van der Waals surface area (Å²) >= 11 is 0. The predicted molar refractivity (Wildman–Crippen MR) is 51.4 cm³/mol. The zero-order chi connectivity index (χ0) is 10.1. The summed E-state index contributed by atoms with van der Waals surface area (Å²) in [5.74, 6) is 0.565. The molecule has 0 aromatic carbocycles. The fourth-order valence-corrected chi connectivity index (χ4v) is 1.74. The molecule has 78 valence electrons. The van der Waals surface area contributed by atoms with Gasteiger partial charge in [-0.3, -0.25) is 4.90 Å². The zero-order valence-corrected chi connectivity index (χ0v) is 8.76. The van der Waals surface area contributed by atoms with Crippen molar-refractivity contribution in [2.24, 2.45) is 5.92 Å². The summed E-state index contributed by atoms with van der Waals surface area (Å²) in [6.45, 7) is 7.96. The summed E-state index contributed by atoms with van der Waals surface area (Å²) in [4.78, 5) is 2.09. The van der Waals surface area contributed by atoms with Gasteiger partial charge in [-0.15, -0.1) is 0 Å². The van der Waals surface area contributed by atoms with Gasteiger partial charge in [-0.05, 0) is 19.3 Å². The Morgan fingerprint density at radius 2 is 2.23 bits per heavy atom. The number of halogens is 1. The molecular formula is C10H20FNO. The van der Waals surface area contributed by atoms with E-state index in [0.717, 1.165) is 13.1 Å². The Bertz CT molecular complexity index is 170. The van der Waals surface area contributed by atoms with Crippen molar-refractivity contribution in [1.82, 2.24) is 4.90 Å². The van der Waals surface area contributed by atoms with Crippen molar-refractivity contribution in [3.8, 4) is 0 Å². The molecule has 1 rings (SSSR count). The first-order chi connectivity index (χ1) is 5.92. The van der Waals surface area contributed by atoms with Crippen LogP contribution in [0.3, 0.4) is 0 Å². The lowest BCUT2D eigenvalue weighted by molar-refractivity contribution is -0.0727. The minimum absolute atomic E-state index is 0.380. The minimum Gasteiger partial charge on any atom is -0.387 e. The number of likely N-dealkylation sites (tertiary alicyclic amines) is 1. The van der Waals surface area contributed by atoms with E-state index in [-0.39, 0.29) is 0 Å². The summed E-state index contributed by atoms with van der Waals surface area (Å²) in [6, 6.07) is 0. The third-order valence-electron chi connectivity index (χ3n) is 2.65. The molecule has 0 radical (unpaired) electrons. The molecule has 0 bridgehead atoms. The molecule has 1 saturated heterocycles. The van der Waals surface area contributed by atoms with Gasteiger partial charge in [0.05, 0.1) is 5.60 Å². The second-order valence-electron chi connectivity index (χ2n) is 4.73. The smallest absolute Gasteiger partial charge is 0.141 e. The van der Waals surface area contributed by atoms with E-state index in [4.69, 9.17) is 0 Å². The van der Waals surface area contributed by atoms with Gasteiger partial charge < -0.3 is 5.11 Å². The highest BCUT2D eigenvalue weighted by Gasteiger charge is 2.37. The molecule has 1 fully saturated rings. The van der Waals surface area contributed by atoms with Crippen LogP contribution in [-0.2, 0) is 0 Å². The van der Waals surface area contributed by atoms with Crippen LogP contribution in [0.5, 0.6) is 0 Å². The molecule has 2 atom stereocenters. The number of hydrogen-bond acceptors (Lipinski definition) is 2. The van der Waals surface area contributed by atoms with E-state index in [9.17, 15) is 9.50 Å². The van der Waals surface area contributed by atoms with Crippen molar-refractivity contribution in [2.45, 2.75) is 39.0 Å². The number of aliphatic hydroxyl groups is 1. The Hall–Kier alpha value is -0.150. The highest BCUT2D eigenvalue weighted by molar-refractivity contribution is 4.90. The van der Waals surface area contributed by atoms with E-state index < -0.39 is 11.8 Å². The molecule has 0 aliphatic carbocycles. The third kappa shape index (κ3) is 2.92. The van der Waals surface area contributed by atoms with Crippen LogP contribution in [0.4, 0.5) is 4.39 Å². The lowest BCUT2D eigenvalue weighted by Gasteiger charge is -2.39. The van der Waals surface area contributed by atoms with E-state index >= 15 is 0 Å². The molecule has 0 aromatic rings. The Morgan fingerprint density at radius 3 is 2.69 bits per heavy atom. The fraction of sp³-hybridized carbons (Fsp3) is 1.00. The first kappa shape index (κ1) is 10.9. The van der Waals surface area contributed by atoms with Crippen LogP contribution in [0, 0.1) is 5.92 Å². The lowest BCUT2D eigenvalue weighted by Crippen LogP contribution is -2.52. The van der Waals surface area contributed by atoms with Gasteiger partial charge in [-0.1, -0.05) is 13.8 Å². The Kier molecular flexibility index (Phi) is 3.30. The molecule has 2 nitrogen and oxygen atoms in total. The molecule has 13 heavy (non-hydrogen) atoms. The highest BCUT2D eigenvalue weighted by atomic mass is 19.1. The van der Waals surface area contributed by atoms with Crippen LogP contribution in [0.2, 0.25) is 0 Å². The van der Waals surface area contributed by atoms with Gasteiger partial charge in [0, 0.05) is 19.6 Å². The van der Waals surface area contributed by atoms with E-state index in [2.05, 4.69) is 18.7 Å². The van der Waals surface area contributed by atoms with Crippen molar-refractivity contribution >= 4 is 0 Å². The van der Waals surface area contributed by atoms with Crippen molar-refractivity contribution in [1.29, 1.82) is 0 Å². The van der Waals surface area contributed by atoms with E-state index in [1.54, 1.807) is 6.92 Å². The minimum atomic E-state index is -1.10. The topological polar surface area (TPSA) is 23.5 Å². The molecule has 0 unspecified atom stereocenters. The predicted octanol–water partition coefficient (Wildman–Crippen LogP) is 1.44. The van der Waals surface area contributed by atoms with Crippen LogP contribution in [0.25, 0.3) is 0 Å². The average molecular weight is 189 g/mol. The van der Waals surface area contributed by atoms with Crippen molar-refractivity contribution in [3.63, 3.8) is 0 Å². The molecule has 1 N–H and O–H groups in total. The van der Waals surface area contributed by atoms with Crippen LogP contribution >= 0.6 is 0 Å². The molecule has 0 aromatic heterocycles. The van der Waals surface area contributed by atoms with Gasteiger partial charge in [-0.2, -0.15) is 0 Å². The number of nitrogens with zero attached hydrogens (tertiary/aromatic N) is 1. The van der Waals surface area contributed by atoms with Crippen molar-refractivity contribution in [2.75, 3.05) is 19.6 Å². The first-order valence-electron chi connectivity index (χ1n) is 5.00. The Labute approximate surface area is 79.7 Å². The van der Waals surface area contributed by atoms with Crippen molar-refractivity contribution < 1.29 is 9.50 Å². The van der Waals surface area contributed by atoms with E-state index in [1.807, 2.05) is 0 Å². The van der Waals surface area contributed by atoms with Crippen LogP contribution in [0.15, 0.2) is 0 Å². The molecule has 1 heterocycles. The number of rotatable bonds is 2. The third-order valence-corrected chi connectivity index (χ3v) is 2.65. The van der Waals surface area contributed by atoms with Gasteiger partial charge in [-0.25, -0.2) is 4.39 Å². The standard InChI is InChI=1S/C10H20FNO/c1-8(2)6-12-5-4-10(3,13)9(11)7-12/h8-9,13H,4-7H2,1-3H3/t9-,10+/m1/s1. The number of piperidine rings is 1. The largest absolute Gasteiger partial charge is 0.387 e. The second-order valence-corrected chi connectivity index (χ2v) is 4.73. The lowest BCUT2D eigenvalue weighted by atomic mass is 9.91. The van der Waals surface area contributed by atoms with Gasteiger partial charge >= 0.3 is 0 Å². The molecule has 0 saturated carbocycles. The normalized spacial score (nSPS) is 36.9. The number of alkyl halides is 1. The maximum absolute atomic E-state index is 13.4. The summed E-state index contributed by atoms with van der Waals surface area (Å²) in [6.07, 6.45) is -0.555. The van der Waals surface area contributed by atoms with Gasteiger partial charge in [0.1, 0.15) is 6.17 Å². The monoisotopic (exact) mass is 189 g/mol.